The molecular weight excluding hydrogens is 422 g/mol. The first-order chi connectivity index (χ1) is 16.0. The van der Waals surface area contributed by atoms with Crippen molar-refractivity contribution in [2.24, 2.45) is 0 Å². The summed E-state index contributed by atoms with van der Waals surface area (Å²) in [7, 11) is 0. The molecule has 8 nitrogen and oxygen atoms in total. The number of nitrogens with zero attached hydrogens (tertiary/aromatic N) is 2. The number of hydrogen-bond donors (Lipinski definition) is 1. The molecule has 0 aliphatic carbocycles. The van der Waals surface area contributed by atoms with Gasteiger partial charge in [0.1, 0.15) is 25.3 Å². The van der Waals surface area contributed by atoms with Crippen molar-refractivity contribution >= 4 is 23.4 Å². The molecule has 8 heteroatoms. The first-order valence-corrected chi connectivity index (χ1v) is 11.0. The number of carbonyl (C=O) groups is 3. The van der Waals surface area contributed by atoms with Crippen LogP contribution in [0.25, 0.3) is 5.57 Å². The Balaban J connectivity index is 1.28. The number of fused-ring (bicyclic) bond motifs is 1. The number of hydrogen-bond acceptors (Lipinski definition) is 5. The average molecular weight is 447 g/mol. The van der Waals surface area contributed by atoms with Gasteiger partial charge in [0.05, 0.1) is 0 Å². The summed E-state index contributed by atoms with van der Waals surface area (Å²) in [4.78, 5) is 41.5. The second-order valence-electron chi connectivity index (χ2n) is 8.49. The Labute approximate surface area is 191 Å². The molecular formula is C25H25N3O5. The molecule has 1 fully saturated rings. The predicted octanol–water partition coefficient (Wildman–Crippen LogP) is 2.54. The fourth-order valence-corrected chi connectivity index (χ4v) is 4.44. The standard InChI is InChI=1S/C25H25N3O5/c1-25(19-7-8-20-21(15-19)33-14-13-32-20)23(30)28(24(31)26-25)16-22(29)27-11-9-18(10-12-27)17-5-3-2-4-6-17/h2-9,15H,10-14,16H2,1H3,(H,26,31)/t25-/m0/s1. The van der Waals surface area contributed by atoms with E-state index in [1.165, 1.54) is 5.57 Å². The van der Waals surface area contributed by atoms with E-state index in [0.717, 1.165) is 16.9 Å². The SMILES string of the molecule is C[C@@]1(c2ccc3c(c2)OCCO3)NC(=O)N(CC(=O)N2CC=C(c3ccccc3)CC2)C1=O. The highest BCUT2D eigenvalue weighted by molar-refractivity contribution is 6.09. The van der Waals surface area contributed by atoms with E-state index in [-0.39, 0.29) is 12.5 Å². The molecule has 0 radical (unpaired) electrons. The fourth-order valence-electron chi connectivity index (χ4n) is 4.44. The lowest BCUT2D eigenvalue weighted by Gasteiger charge is -2.28. The Morgan fingerprint density at radius 1 is 1.06 bits per heavy atom. The van der Waals surface area contributed by atoms with Crippen LogP contribution in [0.15, 0.2) is 54.6 Å². The van der Waals surface area contributed by atoms with Gasteiger partial charge in [0, 0.05) is 13.1 Å². The lowest BCUT2D eigenvalue weighted by molar-refractivity contribution is -0.138. The van der Waals surface area contributed by atoms with Crippen molar-refractivity contribution in [3.8, 4) is 11.5 Å². The lowest BCUT2D eigenvalue weighted by Crippen LogP contribution is -2.45. The Morgan fingerprint density at radius 2 is 1.82 bits per heavy atom. The zero-order valence-electron chi connectivity index (χ0n) is 18.4. The average Bonchev–Trinajstić information content (AvgIpc) is 3.08. The Bertz CT molecular complexity index is 1150. The maximum Gasteiger partial charge on any atom is 0.325 e. The number of rotatable bonds is 4. The Kier molecular flexibility index (Phi) is 5.28. The van der Waals surface area contributed by atoms with Crippen molar-refractivity contribution in [3.05, 3.63) is 65.7 Å². The van der Waals surface area contributed by atoms with Gasteiger partial charge in [-0.15, -0.1) is 0 Å². The van der Waals surface area contributed by atoms with Gasteiger partial charge in [-0.25, -0.2) is 4.79 Å². The van der Waals surface area contributed by atoms with Gasteiger partial charge in [-0.3, -0.25) is 14.5 Å². The van der Waals surface area contributed by atoms with E-state index in [2.05, 4.69) is 17.4 Å². The van der Waals surface area contributed by atoms with Gasteiger partial charge < -0.3 is 19.7 Å². The summed E-state index contributed by atoms with van der Waals surface area (Å²) in [5, 5.41) is 2.75. The number of benzene rings is 2. The van der Waals surface area contributed by atoms with E-state index < -0.39 is 17.5 Å². The normalized spacial score (nSPS) is 22.2. The van der Waals surface area contributed by atoms with Gasteiger partial charge in [-0.05, 0) is 42.2 Å². The van der Waals surface area contributed by atoms with Crippen LogP contribution < -0.4 is 14.8 Å². The third-order valence-electron chi connectivity index (χ3n) is 6.39. The molecule has 1 saturated heterocycles. The maximum absolute atomic E-state index is 13.2. The molecule has 170 valence electrons. The van der Waals surface area contributed by atoms with Crippen molar-refractivity contribution in [1.29, 1.82) is 0 Å². The van der Waals surface area contributed by atoms with Crippen LogP contribution in [0.5, 0.6) is 11.5 Å². The smallest absolute Gasteiger partial charge is 0.325 e. The topological polar surface area (TPSA) is 88.2 Å². The number of urea groups is 1. The van der Waals surface area contributed by atoms with Gasteiger partial charge >= 0.3 is 6.03 Å². The van der Waals surface area contributed by atoms with Crippen LogP contribution in [-0.4, -0.2) is 60.5 Å². The molecule has 0 saturated carbocycles. The van der Waals surface area contributed by atoms with Crippen molar-refractivity contribution < 1.29 is 23.9 Å². The molecule has 0 bridgehead atoms. The minimum Gasteiger partial charge on any atom is -0.486 e. The lowest BCUT2D eigenvalue weighted by atomic mass is 9.91. The zero-order chi connectivity index (χ0) is 23.0. The number of imide groups is 1. The minimum atomic E-state index is -1.28. The zero-order valence-corrected chi connectivity index (χ0v) is 18.4. The summed E-state index contributed by atoms with van der Waals surface area (Å²) in [6.45, 7) is 3.23. The number of amides is 4. The van der Waals surface area contributed by atoms with E-state index in [4.69, 9.17) is 9.47 Å². The monoisotopic (exact) mass is 447 g/mol. The molecule has 2 aromatic carbocycles. The first-order valence-electron chi connectivity index (χ1n) is 11.0. The Morgan fingerprint density at radius 3 is 2.55 bits per heavy atom. The molecule has 3 aliphatic heterocycles. The van der Waals surface area contributed by atoms with Gasteiger partial charge in [-0.2, -0.15) is 0 Å². The second-order valence-corrected chi connectivity index (χ2v) is 8.49. The predicted molar refractivity (Wildman–Crippen MR) is 121 cm³/mol. The van der Waals surface area contributed by atoms with Crippen LogP contribution >= 0.6 is 0 Å². The maximum atomic E-state index is 13.2. The second kappa shape index (κ2) is 8.27. The molecule has 0 spiro atoms. The van der Waals surface area contributed by atoms with Crippen LogP contribution in [0.3, 0.4) is 0 Å². The molecule has 3 heterocycles. The molecule has 3 aliphatic rings. The van der Waals surface area contributed by atoms with Crippen molar-refractivity contribution in [2.45, 2.75) is 18.9 Å². The molecule has 0 unspecified atom stereocenters. The molecule has 4 amide bonds. The van der Waals surface area contributed by atoms with Crippen LogP contribution in [0.2, 0.25) is 0 Å². The third kappa shape index (κ3) is 3.82. The van der Waals surface area contributed by atoms with E-state index in [9.17, 15) is 14.4 Å². The van der Waals surface area contributed by atoms with Crippen molar-refractivity contribution in [1.82, 2.24) is 15.1 Å². The van der Waals surface area contributed by atoms with Crippen LogP contribution in [-0.2, 0) is 15.1 Å². The van der Waals surface area contributed by atoms with E-state index in [1.807, 2.05) is 24.3 Å². The van der Waals surface area contributed by atoms with Gasteiger partial charge in [0.25, 0.3) is 5.91 Å². The molecule has 2 aromatic rings. The number of nitrogens with one attached hydrogen (secondary N) is 1. The summed E-state index contributed by atoms with van der Waals surface area (Å²) in [5.41, 5.74) is 1.64. The summed E-state index contributed by atoms with van der Waals surface area (Å²) in [5.74, 6) is 0.416. The Hall–Kier alpha value is -3.81. The summed E-state index contributed by atoms with van der Waals surface area (Å²) in [6, 6.07) is 14.6. The summed E-state index contributed by atoms with van der Waals surface area (Å²) < 4.78 is 11.1. The molecule has 1 atom stereocenters. The molecule has 1 N–H and O–H groups in total. The van der Waals surface area contributed by atoms with Gasteiger partial charge in [0.2, 0.25) is 5.91 Å². The third-order valence-corrected chi connectivity index (χ3v) is 6.39. The minimum absolute atomic E-state index is 0.256. The quantitative estimate of drug-likeness (QED) is 0.728. The van der Waals surface area contributed by atoms with E-state index in [0.29, 0.717) is 43.4 Å². The number of ether oxygens (including phenoxy) is 2. The molecule has 33 heavy (non-hydrogen) atoms. The highest BCUT2D eigenvalue weighted by Gasteiger charge is 2.50. The van der Waals surface area contributed by atoms with Gasteiger partial charge in [0.15, 0.2) is 11.5 Å². The van der Waals surface area contributed by atoms with Crippen LogP contribution in [0.4, 0.5) is 4.79 Å². The first kappa shape index (κ1) is 21.1. The van der Waals surface area contributed by atoms with Crippen LogP contribution in [0, 0.1) is 0 Å². The van der Waals surface area contributed by atoms with E-state index >= 15 is 0 Å². The van der Waals surface area contributed by atoms with Gasteiger partial charge in [-0.1, -0.05) is 42.5 Å². The van der Waals surface area contributed by atoms with Crippen LogP contribution in [0.1, 0.15) is 24.5 Å². The van der Waals surface area contributed by atoms with Crippen molar-refractivity contribution in [3.63, 3.8) is 0 Å². The van der Waals surface area contributed by atoms with Crippen molar-refractivity contribution in [2.75, 3.05) is 32.8 Å². The summed E-state index contributed by atoms with van der Waals surface area (Å²) in [6.07, 6.45) is 2.76. The largest absolute Gasteiger partial charge is 0.486 e. The number of carbonyl (C=O) groups excluding carboxylic acids is 3. The van der Waals surface area contributed by atoms with E-state index in [1.54, 1.807) is 30.0 Å². The highest BCUT2D eigenvalue weighted by Crippen LogP contribution is 2.37. The fraction of sp³-hybridized carbons (Fsp3) is 0.320. The molecule has 0 aromatic heterocycles. The summed E-state index contributed by atoms with van der Waals surface area (Å²) >= 11 is 0. The highest BCUT2D eigenvalue weighted by atomic mass is 16.6. The molecule has 5 rings (SSSR count).